The SMILES string of the molecule is OC(c1ccc(Cl)c(Cl)c1)c1cc2ccccc2s1. The van der Waals surface area contributed by atoms with Crippen LogP contribution >= 0.6 is 34.5 Å². The van der Waals surface area contributed by atoms with Crippen molar-refractivity contribution in [3.8, 4) is 0 Å². The van der Waals surface area contributed by atoms with E-state index >= 15 is 0 Å². The average Bonchev–Trinajstić information content (AvgIpc) is 2.85. The predicted octanol–water partition coefficient (Wildman–Crippen LogP) is 5.29. The Bertz CT molecular complexity index is 703. The quantitative estimate of drug-likeness (QED) is 0.682. The molecule has 2 aromatic carbocycles. The average molecular weight is 309 g/mol. The Morgan fingerprint density at radius 3 is 2.47 bits per heavy atom. The molecule has 0 aliphatic carbocycles. The van der Waals surface area contributed by atoms with Crippen LogP contribution in [0, 0.1) is 0 Å². The van der Waals surface area contributed by atoms with E-state index in [1.807, 2.05) is 30.3 Å². The predicted molar refractivity (Wildman–Crippen MR) is 82.3 cm³/mol. The summed E-state index contributed by atoms with van der Waals surface area (Å²) in [6.45, 7) is 0. The van der Waals surface area contributed by atoms with Crippen LogP contribution < -0.4 is 0 Å². The van der Waals surface area contributed by atoms with Crippen LogP contribution in [0.5, 0.6) is 0 Å². The van der Waals surface area contributed by atoms with Crippen molar-refractivity contribution in [1.82, 2.24) is 0 Å². The van der Waals surface area contributed by atoms with Gasteiger partial charge in [-0.1, -0.05) is 47.5 Å². The maximum Gasteiger partial charge on any atom is 0.113 e. The smallest absolute Gasteiger partial charge is 0.113 e. The summed E-state index contributed by atoms with van der Waals surface area (Å²) in [6.07, 6.45) is -0.674. The van der Waals surface area contributed by atoms with Gasteiger partial charge in [0.15, 0.2) is 0 Å². The second kappa shape index (κ2) is 5.14. The van der Waals surface area contributed by atoms with Crippen LogP contribution in [0.4, 0.5) is 0 Å². The first-order valence-electron chi connectivity index (χ1n) is 5.76. The van der Waals surface area contributed by atoms with Gasteiger partial charge in [-0.3, -0.25) is 0 Å². The molecule has 0 amide bonds. The molecule has 1 heterocycles. The van der Waals surface area contributed by atoms with Gasteiger partial charge in [0.25, 0.3) is 0 Å². The second-order valence-electron chi connectivity index (χ2n) is 4.26. The zero-order chi connectivity index (χ0) is 13.4. The standard InChI is InChI=1S/C15H10Cl2OS/c16-11-6-5-10(7-12(11)17)15(18)14-8-9-3-1-2-4-13(9)19-14/h1-8,15,18H. The van der Waals surface area contributed by atoms with Crippen LogP contribution in [0.3, 0.4) is 0 Å². The molecule has 0 aliphatic rings. The zero-order valence-corrected chi connectivity index (χ0v) is 12.1. The molecule has 4 heteroatoms. The maximum absolute atomic E-state index is 10.4. The highest BCUT2D eigenvalue weighted by molar-refractivity contribution is 7.19. The molecule has 0 radical (unpaired) electrons. The molecular weight excluding hydrogens is 299 g/mol. The summed E-state index contributed by atoms with van der Waals surface area (Å²) in [6, 6.07) is 15.3. The highest BCUT2D eigenvalue weighted by Gasteiger charge is 2.14. The minimum absolute atomic E-state index is 0.458. The topological polar surface area (TPSA) is 20.2 Å². The van der Waals surface area contributed by atoms with Crippen molar-refractivity contribution in [1.29, 1.82) is 0 Å². The number of aliphatic hydroxyl groups is 1. The molecule has 3 aromatic rings. The normalized spacial score (nSPS) is 12.8. The summed E-state index contributed by atoms with van der Waals surface area (Å²) in [4.78, 5) is 0.902. The van der Waals surface area contributed by atoms with Crippen LogP contribution in [0.1, 0.15) is 16.5 Å². The van der Waals surface area contributed by atoms with Gasteiger partial charge in [-0.15, -0.1) is 11.3 Å². The third kappa shape index (κ3) is 2.49. The van der Waals surface area contributed by atoms with Crippen molar-refractivity contribution in [2.45, 2.75) is 6.10 Å². The van der Waals surface area contributed by atoms with E-state index in [4.69, 9.17) is 23.2 Å². The number of fused-ring (bicyclic) bond motifs is 1. The van der Waals surface area contributed by atoms with E-state index in [9.17, 15) is 5.11 Å². The van der Waals surface area contributed by atoms with E-state index < -0.39 is 6.10 Å². The fraction of sp³-hybridized carbons (Fsp3) is 0.0667. The van der Waals surface area contributed by atoms with Crippen molar-refractivity contribution in [3.63, 3.8) is 0 Å². The van der Waals surface area contributed by atoms with Gasteiger partial charge in [0.1, 0.15) is 6.10 Å². The monoisotopic (exact) mass is 308 g/mol. The first-order valence-corrected chi connectivity index (χ1v) is 7.34. The van der Waals surface area contributed by atoms with Gasteiger partial charge in [0, 0.05) is 9.58 Å². The van der Waals surface area contributed by atoms with E-state index in [0.717, 1.165) is 20.5 Å². The fourth-order valence-electron chi connectivity index (χ4n) is 1.98. The van der Waals surface area contributed by atoms with Crippen molar-refractivity contribution in [2.75, 3.05) is 0 Å². The molecular formula is C15H10Cl2OS. The Morgan fingerprint density at radius 2 is 1.74 bits per heavy atom. The van der Waals surface area contributed by atoms with Gasteiger partial charge in [-0.2, -0.15) is 0 Å². The Morgan fingerprint density at radius 1 is 0.947 bits per heavy atom. The lowest BCUT2D eigenvalue weighted by Crippen LogP contribution is -1.96. The molecule has 96 valence electrons. The Balaban J connectivity index is 2.02. The second-order valence-corrected chi connectivity index (χ2v) is 6.19. The van der Waals surface area contributed by atoms with Crippen LogP contribution in [0.2, 0.25) is 10.0 Å². The molecule has 0 spiro atoms. The lowest BCUT2D eigenvalue weighted by molar-refractivity contribution is 0.224. The van der Waals surface area contributed by atoms with Gasteiger partial charge in [-0.05, 0) is 35.2 Å². The molecule has 0 saturated carbocycles. The lowest BCUT2D eigenvalue weighted by atomic mass is 10.1. The van der Waals surface area contributed by atoms with Crippen LogP contribution in [0.25, 0.3) is 10.1 Å². The third-order valence-electron chi connectivity index (χ3n) is 2.97. The highest BCUT2D eigenvalue weighted by Crippen LogP contribution is 2.34. The first kappa shape index (κ1) is 12.9. The number of hydrogen-bond acceptors (Lipinski definition) is 2. The lowest BCUT2D eigenvalue weighted by Gasteiger charge is -2.09. The molecule has 0 fully saturated rings. The van der Waals surface area contributed by atoms with Gasteiger partial charge in [0.2, 0.25) is 0 Å². The van der Waals surface area contributed by atoms with Crippen LogP contribution in [-0.2, 0) is 0 Å². The van der Waals surface area contributed by atoms with Crippen molar-refractivity contribution in [3.05, 3.63) is 69.0 Å². The molecule has 19 heavy (non-hydrogen) atoms. The Hall–Kier alpha value is -1.06. The largest absolute Gasteiger partial charge is 0.383 e. The highest BCUT2D eigenvalue weighted by atomic mass is 35.5. The van der Waals surface area contributed by atoms with E-state index in [0.29, 0.717) is 10.0 Å². The van der Waals surface area contributed by atoms with Gasteiger partial charge >= 0.3 is 0 Å². The molecule has 1 unspecified atom stereocenters. The van der Waals surface area contributed by atoms with Crippen LogP contribution in [-0.4, -0.2) is 5.11 Å². The van der Waals surface area contributed by atoms with Gasteiger partial charge in [0.05, 0.1) is 10.0 Å². The number of hydrogen-bond donors (Lipinski definition) is 1. The molecule has 1 aromatic heterocycles. The molecule has 1 nitrogen and oxygen atoms in total. The summed E-state index contributed by atoms with van der Waals surface area (Å²) < 4.78 is 1.16. The van der Waals surface area contributed by atoms with E-state index in [1.165, 1.54) is 0 Å². The number of rotatable bonds is 2. The molecule has 0 saturated heterocycles. The Labute approximate surface area is 125 Å². The summed E-state index contributed by atoms with van der Waals surface area (Å²) in [5.41, 5.74) is 0.751. The summed E-state index contributed by atoms with van der Waals surface area (Å²) in [5, 5.41) is 12.5. The minimum atomic E-state index is -0.674. The van der Waals surface area contributed by atoms with Crippen LogP contribution in [0.15, 0.2) is 48.5 Å². The molecule has 0 aliphatic heterocycles. The molecule has 0 bridgehead atoms. The van der Waals surface area contributed by atoms with Gasteiger partial charge in [-0.25, -0.2) is 0 Å². The van der Waals surface area contributed by atoms with Crippen molar-refractivity contribution in [2.24, 2.45) is 0 Å². The number of benzene rings is 2. The number of thiophene rings is 1. The number of halogens is 2. The number of aliphatic hydroxyl groups excluding tert-OH is 1. The van der Waals surface area contributed by atoms with Crippen molar-refractivity contribution >= 4 is 44.6 Å². The fourth-order valence-corrected chi connectivity index (χ4v) is 3.37. The first-order chi connectivity index (χ1) is 9.15. The summed E-state index contributed by atoms with van der Waals surface area (Å²) >= 11 is 13.5. The Kier molecular flexibility index (Phi) is 3.50. The van der Waals surface area contributed by atoms with Crippen molar-refractivity contribution < 1.29 is 5.11 Å². The summed E-state index contributed by atoms with van der Waals surface area (Å²) in [5.74, 6) is 0. The minimum Gasteiger partial charge on any atom is -0.383 e. The van der Waals surface area contributed by atoms with Gasteiger partial charge < -0.3 is 5.11 Å². The van der Waals surface area contributed by atoms with E-state index in [2.05, 4.69) is 0 Å². The molecule has 1 atom stereocenters. The maximum atomic E-state index is 10.4. The third-order valence-corrected chi connectivity index (χ3v) is 4.88. The van der Waals surface area contributed by atoms with E-state index in [-0.39, 0.29) is 0 Å². The zero-order valence-electron chi connectivity index (χ0n) is 9.81. The molecule has 3 rings (SSSR count). The summed E-state index contributed by atoms with van der Waals surface area (Å²) in [7, 11) is 0. The molecule has 1 N–H and O–H groups in total. The van der Waals surface area contributed by atoms with E-state index in [1.54, 1.807) is 29.5 Å².